The maximum atomic E-state index is 12.7. The lowest BCUT2D eigenvalue weighted by Crippen LogP contribution is -2.53. The summed E-state index contributed by atoms with van der Waals surface area (Å²) in [6.45, 7) is 3.88. The maximum Gasteiger partial charge on any atom is 0.409 e. The first-order chi connectivity index (χ1) is 12.2. The highest BCUT2D eigenvalue weighted by molar-refractivity contribution is 5.75. The second-order valence-electron chi connectivity index (χ2n) is 6.80. The Bertz CT molecular complexity index is 477. The summed E-state index contributed by atoms with van der Waals surface area (Å²) in [4.78, 5) is 28.0. The van der Waals surface area contributed by atoms with Gasteiger partial charge in [0.2, 0.25) is 0 Å². The van der Waals surface area contributed by atoms with Gasteiger partial charge in [-0.2, -0.15) is 5.26 Å². The quantitative estimate of drug-likeness (QED) is 0.826. The Morgan fingerprint density at radius 2 is 1.88 bits per heavy atom. The second kappa shape index (κ2) is 10.1. The molecule has 25 heavy (non-hydrogen) atoms. The van der Waals surface area contributed by atoms with Gasteiger partial charge in [-0.05, 0) is 32.6 Å². The first-order valence-electron chi connectivity index (χ1n) is 9.51. The molecule has 1 saturated carbocycles. The first kappa shape index (κ1) is 19.4. The molecule has 2 fully saturated rings. The molecule has 1 aliphatic carbocycles. The smallest absolute Gasteiger partial charge is 0.409 e. The molecule has 7 heteroatoms. The monoisotopic (exact) mass is 350 g/mol. The fraction of sp³-hybridized carbons (Fsp3) is 0.833. The lowest BCUT2D eigenvalue weighted by atomic mass is 9.94. The highest BCUT2D eigenvalue weighted by atomic mass is 16.6. The Balaban J connectivity index is 1.84. The Morgan fingerprint density at radius 1 is 1.20 bits per heavy atom. The van der Waals surface area contributed by atoms with E-state index in [1.165, 1.54) is 6.42 Å². The molecule has 2 aliphatic rings. The van der Waals surface area contributed by atoms with Gasteiger partial charge in [0.25, 0.3) is 0 Å². The highest BCUT2D eigenvalue weighted by Crippen LogP contribution is 2.23. The third kappa shape index (κ3) is 5.80. The number of hydrogen-bond donors (Lipinski definition) is 1. The molecule has 0 atom stereocenters. The molecular weight excluding hydrogens is 320 g/mol. The van der Waals surface area contributed by atoms with E-state index in [2.05, 4.69) is 11.4 Å². The molecule has 1 aliphatic heterocycles. The number of hydrogen-bond acceptors (Lipinski definition) is 4. The summed E-state index contributed by atoms with van der Waals surface area (Å²) in [6.07, 6.45) is 7.16. The van der Waals surface area contributed by atoms with E-state index in [0.717, 1.165) is 38.5 Å². The third-order valence-electron chi connectivity index (χ3n) is 5.09. The van der Waals surface area contributed by atoms with Gasteiger partial charge in [-0.25, -0.2) is 9.59 Å². The van der Waals surface area contributed by atoms with Crippen molar-refractivity contribution < 1.29 is 14.3 Å². The van der Waals surface area contributed by atoms with Gasteiger partial charge in [-0.1, -0.05) is 19.3 Å². The van der Waals surface area contributed by atoms with Crippen LogP contribution >= 0.6 is 0 Å². The van der Waals surface area contributed by atoms with Crippen LogP contribution in [0.1, 0.15) is 58.3 Å². The Labute approximate surface area is 150 Å². The van der Waals surface area contributed by atoms with Crippen molar-refractivity contribution in [2.24, 2.45) is 0 Å². The van der Waals surface area contributed by atoms with Crippen molar-refractivity contribution in [3.8, 4) is 6.07 Å². The third-order valence-corrected chi connectivity index (χ3v) is 5.09. The summed E-state index contributed by atoms with van der Waals surface area (Å²) in [5, 5.41) is 12.0. The number of amides is 3. The SMILES string of the molecule is CCOC(=O)N1CCC(NC(=O)N(CCC#N)C2CCCCC2)CC1. The van der Waals surface area contributed by atoms with Gasteiger partial charge < -0.3 is 19.9 Å². The van der Waals surface area contributed by atoms with Crippen LogP contribution in [0.4, 0.5) is 9.59 Å². The Hall–Kier alpha value is -1.97. The average molecular weight is 350 g/mol. The molecule has 3 amide bonds. The minimum absolute atomic E-state index is 0.0586. The van der Waals surface area contributed by atoms with Crippen molar-refractivity contribution in [3.63, 3.8) is 0 Å². The van der Waals surface area contributed by atoms with Crippen LogP contribution in [0.25, 0.3) is 0 Å². The van der Waals surface area contributed by atoms with Crippen molar-refractivity contribution in [1.82, 2.24) is 15.1 Å². The molecule has 1 saturated heterocycles. The van der Waals surface area contributed by atoms with Crippen LogP contribution < -0.4 is 5.32 Å². The van der Waals surface area contributed by atoms with E-state index in [-0.39, 0.29) is 24.2 Å². The van der Waals surface area contributed by atoms with Crippen LogP contribution in [0.15, 0.2) is 0 Å². The molecule has 0 radical (unpaired) electrons. The van der Waals surface area contributed by atoms with Gasteiger partial charge in [-0.15, -0.1) is 0 Å². The number of nitrogens with one attached hydrogen (secondary N) is 1. The normalized spacial score (nSPS) is 19.1. The summed E-state index contributed by atoms with van der Waals surface area (Å²) in [5.74, 6) is 0. The van der Waals surface area contributed by atoms with Crippen LogP contribution in [0.2, 0.25) is 0 Å². The zero-order valence-electron chi connectivity index (χ0n) is 15.2. The summed E-state index contributed by atoms with van der Waals surface area (Å²) < 4.78 is 5.02. The van der Waals surface area contributed by atoms with E-state index in [1.54, 1.807) is 11.8 Å². The zero-order valence-corrected chi connectivity index (χ0v) is 15.2. The molecule has 140 valence electrons. The van der Waals surface area contributed by atoms with Crippen molar-refractivity contribution in [2.45, 2.75) is 70.4 Å². The number of urea groups is 1. The number of rotatable bonds is 5. The van der Waals surface area contributed by atoms with Crippen molar-refractivity contribution >= 4 is 12.1 Å². The molecule has 0 bridgehead atoms. The topological polar surface area (TPSA) is 85.7 Å². The van der Waals surface area contributed by atoms with Gasteiger partial charge in [0, 0.05) is 31.7 Å². The van der Waals surface area contributed by atoms with Gasteiger partial charge >= 0.3 is 12.1 Å². The second-order valence-corrected chi connectivity index (χ2v) is 6.80. The van der Waals surface area contributed by atoms with E-state index in [9.17, 15) is 9.59 Å². The van der Waals surface area contributed by atoms with Gasteiger partial charge in [0.05, 0.1) is 19.1 Å². The Morgan fingerprint density at radius 3 is 2.48 bits per heavy atom. The number of likely N-dealkylation sites (tertiary alicyclic amines) is 1. The molecule has 2 rings (SSSR count). The molecule has 0 aromatic carbocycles. The van der Waals surface area contributed by atoms with Gasteiger partial charge in [0.1, 0.15) is 0 Å². The average Bonchev–Trinajstić information content (AvgIpc) is 2.64. The molecule has 0 spiro atoms. The molecule has 1 N–H and O–H groups in total. The number of ether oxygens (including phenoxy) is 1. The van der Waals surface area contributed by atoms with Crippen LogP contribution in [-0.2, 0) is 4.74 Å². The summed E-state index contributed by atoms with van der Waals surface area (Å²) in [6, 6.07) is 2.41. The van der Waals surface area contributed by atoms with Gasteiger partial charge in [-0.3, -0.25) is 0 Å². The van der Waals surface area contributed by atoms with Crippen LogP contribution in [-0.4, -0.2) is 60.2 Å². The van der Waals surface area contributed by atoms with Crippen LogP contribution in [0.3, 0.4) is 0 Å². The van der Waals surface area contributed by atoms with Crippen molar-refractivity contribution in [3.05, 3.63) is 0 Å². The molecule has 1 heterocycles. The number of nitriles is 1. The lowest BCUT2D eigenvalue weighted by Gasteiger charge is -2.37. The predicted octanol–water partition coefficient (Wildman–Crippen LogP) is 2.87. The molecule has 7 nitrogen and oxygen atoms in total. The minimum Gasteiger partial charge on any atom is -0.450 e. The lowest BCUT2D eigenvalue weighted by molar-refractivity contribution is 0.0943. The van der Waals surface area contributed by atoms with Gasteiger partial charge in [0.15, 0.2) is 0 Å². The Kier molecular flexibility index (Phi) is 7.83. The van der Waals surface area contributed by atoms with Crippen molar-refractivity contribution in [2.75, 3.05) is 26.2 Å². The fourth-order valence-electron chi connectivity index (χ4n) is 3.69. The van der Waals surface area contributed by atoms with E-state index in [1.807, 2.05) is 4.90 Å². The number of nitrogens with zero attached hydrogens (tertiary/aromatic N) is 3. The number of carbonyl (C=O) groups excluding carboxylic acids is 2. The minimum atomic E-state index is -0.273. The maximum absolute atomic E-state index is 12.7. The summed E-state index contributed by atoms with van der Waals surface area (Å²) in [5.41, 5.74) is 0. The van der Waals surface area contributed by atoms with E-state index in [4.69, 9.17) is 10.00 Å². The predicted molar refractivity (Wildman–Crippen MR) is 94.0 cm³/mol. The largest absolute Gasteiger partial charge is 0.450 e. The molecular formula is C18H30N4O3. The zero-order chi connectivity index (χ0) is 18.1. The number of piperidine rings is 1. The van der Waals surface area contributed by atoms with Crippen LogP contribution in [0, 0.1) is 11.3 Å². The van der Waals surface area contributed by atoms with E-state index >= 15 is 0 Å². The fourth-order valence-corrected chi connectivity index (χ4v) is 3.69. The highest BCUT2D eigenvalue weighted by Gasteiger charge is 2.29. The molecule has 0 aromatic rings. The standard InChI is InChI=1S/C18H30N4O3/c1-2-25-18(24)21-13-9-15(10-14-21)20-17(23)22(12-6-11-19)16-7-4-3-5-8-16/h15-16H,2-10,12-14H2,1H3,(H,20,23). The first-order valence-corrected chi connectivity index (χ1v) is 9.51. The molecule has 0 unspecified atom stereocenters. The summed E-state index contributed by atoms with van der Waals surface area (Å²) in [7, 11) is 0. The summed E-state index contributed by atoms with van der Waals surface area (Å²) >= 11 is 0. The molecule has 0 aromatic heterocycles. The van der Waals surface area contributed by atoms with E-state index in [0.29, 0.717) is 32.7 Å². The van der Waals surface area contributed by atoms with E-state index < -0.39 is 0 Å². The van der Waals surface area contributed by atoms with Crippen molar-refractivity contribution in [1.29, 1.82) is 5.26 Å². The van der Waals surface area contributed by atoms with Crippen LogP contribution in [0.5, 0.6) is 0 Å². The number of carbonyl (C=O) groups is 2.